The third-order valence-corrected chi connectivity index (χ3v) is 2.28. The first-order valence-corrected chi connectivity index (χ1v) is 4.92. The molecule has 12 heavy (non-hydrogen) atoms. The fourth-order valence-corrected chi connectivity index (χ4v) is 1.40. The van der Waals surface area contributed by atoms with E-state index < -0.39 is 0 Å². The average molecular weight is 169 g/mol. The summed E-state index contributed by atoms with van der Waals surface area (Å²) in [7, 11) is 6.65. The van der Waals surface area contributed by atoms with E-state index in [1.807, 2.05) is 13.8 Å². The molecule has 0 unspecified atom stereocenters. The topological polar surface area (TPSA) is 6.48 Å². The maximum absolute atomic E-state index is 2.40. The standard InChI is InChI=1S/C7H16BN2.C2H6/c1-8-7-6-9(2)4-5-10(7)3;1-2/h7H,4-6H2,1-3H3;1-2H3/t7-;/m1./s1. The van der Waals surface area contributed by atoms with Crippen LogP contribution >= 0.6 is 0 Å². The molecule has 3 heteroatoms. The van der Waals surface area contributed by atoms with Gasteiger partial charge in [0.25, 0.3) is 0 Å². The molecule has 0 N–H and O–H groups in total. The van der Waals surface area contributed by atoms with Crippen LogP contribution in [0.1, 0.15) is 13.8 Å². The zero-order valence-electron chi connectivity index (χ0n) is 9.17. The highest BCUT2D eigenvalue weighted by Gasteiger charge is 2.19. The Bertz CT molecular complexity index is 109. The molecule has 1 aliphatic rings. The summed E-state index contributed by atoms with van der Waals surface area (Å²) in [6.07, 6.45) is 0. The highest BCUT2D eigenvalue weighted by molar-refractivity contribution is 6.35. The summed E-state index contributed by atoms with van der Waals surface area (Å²) >= 11 is 0. The zero-order chi connectivity index (χ0) is 9.56. The highest BCUT2D eigenvalue weighted by Crippen LogP contribution is 2.03. The van der Waals surface area contributed by atoms with Gasteiger partial charge >= 0.3 is 0 Å². The van der Waals surface area contributed by atoms with Gasteiger partial charge in [-0.15, -0.1) is 0 Å². The lowest BCUT2D eigenvalue weighted by Crippen LogP contribution is -2.52. The van der Waals surface area contributed by atoms with E-state index in [1.54, 1.807) is 0 Å². The van der Waals surface area contributed by atoms with E-state index in [9.17, 15) is 0 Å². The maximum atomic E-state index is 2.40. The SMILES string of the molecule is CC.C[B][C@H]1CN(C)CCN1C. The summed E-state index contributed by atoms with van der Waals surface area (Å²) in [4.78, 5) is 4.78. The van der Waals surface area contributed by atoms with Crippen LogP contribution in [0, 0.1) is 0 Å². The molecule has 0 bridgehead atoms. The van der Waals surface area contributed by atoms with Crippen molar-refractivity contribution in [2.24, 2.45) is 0 Å². The van der Waals surface area contributed by atoms with Gasteiger partial charge in [-0.3, -0.25) is 0 Å². The molecular weight excluding hydrogens is 147 g/mol. The molecule has 0 saturated carbocycles. The summed E-state index contributed by atoms with van der Waals surface area (Å²) in [5.74, 6) is 0.666. The molecule has 2 nitrogen and oxygen atoms in total. The molecule has 0 aromatic carbocycles. The predicted molar refractivity (Wildman–Crippen MR) is 56.9 cm³/mol. The second-order valence-electron chi connectivity index (χ2n) is 3.14. The van der Waals surface area contributed by atoms with Crippen molar-refractivity contribution in [1.82, 2.24) is 9.80 Å². The maximum Gasteiger partial charge on any atom is 0.131 e. The van der Waals surface area contributed by atoms with Gasteiger partial charge in [0.15, 0.2) is 0 Å². The van der Waals surface area contributed by atoms with Gasteiger partial charge in [-0.1, -0.05) is 20.7 Å². The van der Waals surface area contributed by atoms with Crippen LogP contribution in [0.5, 0.6) is 0 Å². The number of likely N-dealkylation sites (N-methyl/N-ethyl adjacent to an activating group) is 2. The van der Waals surface area contributed by atoms with Crippen molar-refractivity contribution >= 4 is 7.28 Å². The van der Waals surface area contributed by atoms with Crippen LogP contribution in [-0.4, -0.2) is 56.8 Å². The average Bonchev–Trinajstić information content (AvgIpc) is 2.13. The summed E-state index contributed by atoms with van der Waals surface area (Å²) in [5.41, 5.74) is 0. The Morgan fingerprint density at radius 3 is 2.17 bits per heavy atom. The lowest BCUT2D eigenvalue weighted by Gasteiger charge is -2.37. The van der Waals surface area contributed by atoms with Crippen LogP contribution in [0.4, 0.5) is 0 Å². The zero-order valence-corrected chi connectivity index (χ0v) is 9.17. The normalized spacial score (nSPS) is 25.9. The molecule has 1 aliphatic heterocycles. The van der Waals surface area contributed by atoms with Gasteiger partial charge < -0.3 is 9.80 Å². The van der Waals surface area contributed by atoms with Gasteiger partial charge in [0.1, 0.15) is 7.28 Å². The van der Waals surface area contributed by atoms with Crippen molar-refractivity contribution in [2.75, 3.05) is 33.7 Å². The molecule has 71 valence electrons. The Balaban J connectivity index is 0.000000561. The number of hydrogen-bond donors (Lipinski definition) is 0. The molecule has 0 aliphatic carbocycles. The minimum absolute atomic E-state index is 0.666. The molecule has 1 saturated heterocycles. The minimum Gasteiger partial charge on any atom is -0.309 e. The van der Waals surface area contributed by atoms with E-state index in [0.717, 1.165) is 0 Å². The van der Waals surface area contributed by atoms with E-state index in [2.05, 4.69) is 38.0 Å². The summed E-state index contributed by atoms with van der Waals surface area (Å²) < 4.78 is 0. The molecule has 0 aromatic heterocycles. The third kappa shape index (κ3) is 3.59. The first-order valence-electron chi connectivity index (χ1n) is 4.92. The van der Waals surface area contributed by atoms with Gasteiger partial charge in [-0.25, -0.2) is 0 Å². The molecule has 1 fully saturated rings. The second-order valence-corrected chi connectivity index (χ2v) is 3.14. The van der Waals surface area contributed by atoms with Gasteiger partial charge in [-0.2, -0.15) is 0 Å². The van der Waals surface area contributed by atoms with Gasteiger partial charge in [0.2, 0.25) is 0 Å². The fraction of sp³-hybridized carbons (Fsp3) is 1.00. The molecule has 1 atom stereocenters. The molecule has 0 amide bonds. The smallest absolute Gasteiger partial charge is 0.131 e. The van der Waals surface area contributed by atoms with E-state index >= 15 is 0 Å². The van der Waals surface area contributed by atoms with Crippen molar-refractivity contribution in [1.29, 1.82) is 0 Å². The van der Waals surface area contributed by atoms with E-state index in [1.165, 1.54) is 19.6 Å². The second kappa shape index (κ2) is 6.50. The Labute approximate surface area is 78.2 Å². The van der Waals surface area contributed by atoms with Crippen molar-refractivity contribution in [3.8, 4) is 0 Å². The van der Waals surface area contributed by atoms with E-state index in [0.29, 0.717) is 5.94 Å². The van der Waals surface area contributed by atoms with Gasteiger partial charge in [0, 0.05) is 19.6 Å². The minimum atomic E-state index is 0.666. The molecule has 1 heterocycles. The van der Waals surface area contributed by atoms with Crippen molar-refractivity contribution in [3.05, 3.63) is 0 Å². The molecule has 1 rings (SSSR count). The largest absolute Gasteiger partial charge is 0.309 e. The Kier molecular flexibility index (Phi) is 6.49. The lowest BCUT2D eigenvalue weighted by atomic mass is 9.71. The van der Waals surface area contributed by atoms with Crippen molar-refractivity contribution in [3.63, 3.8) is 0 Å². The fourth-order valence-electron chi connectivity index (χ4n) is 1.40. The lowest BCUT2D eigenvalue weighted by molar-refractivity contribution is 0.156. The van der Waals surface area contributed by atoms with Crippen LogP contribution in [0.15, 0.2) is 0 Å². The molecule has 1 radical (unpaired) electrons. The molecule has 0 aromatic rings. The molecular formula is C9H22BN2. The summed E-state index contributed by atoms with van der Waals surface area (Å²) in [5, 5.41) is 0. The quantitative estimate of drug-likeness (QED) is 0.539. The number of rotatable bonds is 1. The van der Waals surface area contributed by atoms with Crippen molar-refractivity contribution < 1.29 is 0 Å². The summed E-state index contributed by atoms with van der Waals surface area (Å²) in [6.45, 7) is 9.74. The molecule has 0 spiro atoms. The van der Waals surface area contributed by atoms with Gasteiger partial charge in [-0.05, 0) is 20.0 Å². The number of nitrogens with zero attached hydrogens (tertiary/aromatic N) is 2. The van der Waals surface area contributed by atoms with Crippen LogP contribution in [-0.2, 0) is 0 Å². The van der Waals surface area contributed by atoms with Gasteiger partial charge in [0.05, 0.1) is 0 Å². The van der Waals surface area contributed by atoms with Crippen LogP contribution in [0.25, 0.3) is 0 Å². The Morgan fingerprint density at radius 1 is 1.17 bits per heavy atom. The number of piperazine rings is 1. The van der Waals surface area contributed by atoms with E-state index in [-0.39, 0.29) is 0 Å². The number of hydrogen-bond acceptors (Lipinski definition) is 2. The highest BCUT2D eigenvalue weighted by atomic mass is 15.2. The van der Waals surface area contributed by atoms with Crippen molar-refractivity contribution in [2.45, 2.75) is 26.6 Å². The first kappa shape index (κ1) is 12.0. The van der Waals surface area contributed by atoms with Crippen LogP contribution in [0.2, 0.25) is 6.82 Å². The monoisotopic (exact) mass is 169 g/mol. The summed E-state index contributed by atoms with van der Waals surface area (Å²) in [6, 6.07) is 0. The third-order valence-electron chi connectivity index (χ3n) is 2.28. The van der Waals surface area contributed by atoms with E-state index in [4.69, 9.17) is 0 Å². The predicted octanol–water partition coefficient (Wildman–Crippen LogP) is 0.968. The van der Waals surface area contributed by atoms with Crippen LogP contribution < -0.4 is 0 Å². The first-order chi connectivity index (χ1) is 5.74. The van der Waals surface area contributed by atoms with Crippen LogP contribution in [0.3, 0.4) is 0 Å². The Morgan fingerprint density at radius 2 is 1.75 bits per heavy atom. The Hall–Kier alpha value is -0.0151.